The van der Waals surface area contributed by atoms with Crippen LogP contribution in [0.3, 0.4) is 0 Å². The van der Waals surface area contributed by atoms with Crippen LogP contribution in [-0.4, -0.2) is 42.8 Å². The smallest absolute Gasteiger partial charge is 0.410 e. The normalized spacial score (nSPS) is 25.0. The third kappa shape index (κ3) is 2.91. The van der Waals surface area contributed by atoms with Gasteiger partial charge in [-0.1, -0.05) is 12.8 Å². The molecule has 1 aliphatic carbocycles. The van der Waals surface area contributed by atoms with Crippen LogP contribution in [0.15, 0.2) is 0 Å². The molecule has 0 radical (unpaired) electrons. The maximum atomic E-state index is 12.2. The van der Waals surface area contributed by atoms with Crippen molar-refractivity contribution < 1.29 is 19.1 Å². The minimum absolute atomic E-state index is 0.0933. The number of nitrogens with zero attached hydrogens (tertiary/aromatic N) is 1. The Balaban J connectivity index is 2.12. The lowest BCUT2D eigenvalue weighted by atomic mass is 9.76. The van der Waals surface area contributed by atoms with Gasteiger partial charge in [0.1, 0.15) is 5.60 Å². The highest BCUT2D eigenvalue weighted by molar-refractivity contribution is 5.77. The first-order valence-electron chi connectivity index (χ1n) is 7.33. The Morgan fingerprint density at radius 2 is 1.80 bits per heavy atom. The van der Waals surface area contributed by atoms with Crippen molar-refractivity contribution >= 4 is 12.1 Å². The monoisotopic (exact) mass is 283 g/mol. The number of esters is 1. The summed E-state index contributed by atoms with van der Waals surface area (Å²) >= 11 is 0. The molecule has 1 saturated heterocycles. The zero-order valence-electron chi connectivity index (χ0n) is 12.9. The molecule has 1 aliphatic heterocycles. The Kier molecular flexibility index (Phi) is 3.98. The molecule has 20 heavy (non-hydrogen) atoms. The highest BCUT2D eigenvalue weighted by atomic mass is 16.6. The van der Waals surface area contributed by atoms with Crippen LogP contribution in [0.25, 0.3) is 0 Å². The number of carbonyl (C=O) groups excluding carboxylic acids is 2. The molecular formula is C15H25NO4. The molecular weight excluding hydrogens is 258 g/mol. The molecule has 0 N–H and O–H groups in total. The molecule has 1 spiro atoms. The Bertz CT molecular complexity index is 393. The Labute approximate surface area is 120 Å². The lowest BCUT2D eigenvalue weighted by Gasteiger charge is -2.28. The van der Waals surface area contributed by atoms with Crippen molar-refractivity contribution in [3.05, 3.63) is 0 Å². The Hall–Kier alpha value is -1.26. The number of ether oxygens (including phenoxy) is 2. The van der Waals surface area contributed by atoms with Crippen LogP contribution in [0.2, 0.25) is 0 Å². The molecule has 2 fully saturated rings. The molecule has 114 valence electrons. The van der Waals surface area contributed by atoms with E-state index in [0.717, 1.165) is 25.7 Å². The van der Waals surface area contributed by atoms with Crippen LogP contribution in [0, 0.1) is 11.3 Å². The summed E-state index contributed by atoms with van der Waals surface area (Å²) in [6, 6.07) is 0. The molecule has 2 rings (SSSR count). The first-order valence-corrected chi connectivity index (χ1v) is 7.33. The van der Waals surface area contributed by atoms with E-state index in [9.17, 15) is 9.59 Å². The molecule has 1 heterocycles. The summed E-state index contributed by atoms with van der Waals surface area (Å²) in [5.74, 6) is -0.402. The highest BCUT2D eigenvalue weighted by Gasteiger charge is 2.53. The van der Waals surface area contributed by atoms with Crippen molar-refractivity contribution in [1.82, 2.24) is 4.90 Å². The van der Waals surface area contributed by atoms with E-state index in [1.54, 1.807) is 4.90 Å². The van der Waals surface area contributed by atoms with E-state index >= 15 is 0 Å². The SMILES string of the molecule is COC(=O)C1CN(C(=O)OC(C)(C)C)CC12CCCC2. The second kappa shape index (κ2) is 5.26. The topological polar surface area (TPSA) is 55.8 Å². The summed E-state index contributed by atoms with van der Waals surface area (Å²) in [6.45, 7) is 6.58. The first-order chi connectivity index (χ1) is 9.27. The van der Waals surface area contributed by atoms with E-state index in [2.05, 4.69) is 0 Å². The van der Waals surface area contributed by atoms with Crippen LogP contribution < -0.4 is 0 Å². The van der Waals surface area contributed by atoms with Crippen molar-refractivity contribution in [3.8, 4) is 0 Å². The fourth-order valence-corrected chi connectivity index (χ4v) is 3.49. The van der Waals surface area contributed by atoms with Gasteiger partial charge in [0.05, 0.1) is 13.0 Å². The van der Waals surface area contributed by atoms with Crippen molar-refractivity contribution in [2.24, 2.45) is 11.3 Å². The summed E-state index contributed by atoms with van der Waals surface area (Å²) in [7, 11) is 1.42. The predicted molar refractivity (Wildman–Crippen MR) is 74.2 cm³/mol. The van der Waals surface area contributed by atoms with Crippen molar-refractivity contribution in [1.29, 1.82) is 0 Å². The molecule has 2 aliphatic rings. The van der Waals surface area contributed by atoms with Gasteiger partial charge in [0.25, 0.3) is 0 Å². The number of amides is 1. The van der Waals surface area contributed by atoms with Gasteiger partial charge < -0.3 is 14.4 Å². The molecule has 5 nitrogen and oxygen atoms in total. The lowest BCUT2D eigenvalue weighted by molar-refractivity contribution is -0.148. The molecule has 0 aromatic carbocycles. The zero-order valence-corrected chi connectivity index (χ0v) is 12.9. The third-order valence-electron chi connectivity index (χ3n) is 4.38. The van der Waals surface area contributed by atoms with Gasteiger partial charge in [-0.25, -0.2) is 4.79 Å². The van der Waals surface area contributed by atoms with E-state index < -0.39 is 5.60 Å². The van der Waals surface area contributed by atoms with E-state index in [0.29, 0.717) is 13.1 Å². The summed E-state index contributed by atoms with van der Waals surface area (Å²) in [4.78, 5) is 25.9. The second-order valence-electron chi connectivity index (χ2n) is 7.01. The van der Waals surface area contributed by atoms with Gasteiger partial charge in [0, 0.05) is 18.5 Å². The van der Waals surface area contributed by atoms with Gasteiger partial charge in [-0.05, 0) is 33.6 Å². The lowest BCUT2D eigenvalue weighted by Crippen LogP contribution is -2.36. The number of carbonyl (C=O) groups is 2. The fraction of sp³-hybridized carbons (Fsp3) is 0.867. The molecule has 1 saturated carbocycles. The number of hydrogen-bond acceptors (Lipinski definition) is 4. The van der Waals surface area contributed by atoms with Crippen LogP contribution in [-0.2, 0) is 14.3 Å². The summed E-state index contributed by atoms with van der Waals surface area (Å²) in [6.07, 6.45) is 3.90. The average Bonchev–Trinajstić information content (AvgIpc) is 2.95. The minimum atomic E-state index is -0.511. The first kappa shape index (κ1) is 15.1. The Morgan fingerprint density at radius 3 is 2.30 bits per heavy atom. The predicted octanol–water partition coefficient (Wildman–Crippen LogP) is 2.59. The van der Waals surface area contributed by atoms with Gasteiger partial charge >= 0.3 is 12.1 Å². The van der Waals surface area contributed by atoms with Gasteiger partial charge in [0.2, 0.25) is 0 Å². The summed E-state index contributed by atoms with van der Waals surface area (Å²) in [5, 5.41) is 0. The van der Waals surface area contributed by atoms with Crippen LogP contribution in [0.5, 0.6) is 0 Å². The van der Waals surface area contributed by atoms with Crippen molar-refractivity contribution in [2.75, 3.05) is 20.2 Å². The van der Waals surface area contributed by atoms with Crippen LogP contribution in [0.4, 0.5) is 4.79 Å². The molecule has 1 unspecified atom stereocenters. The van der Waals surface area contributed by atoms with Gasteiger partial charge in [0.15, 0.2) is 0 Å². The zero-order chi connectivity index (χ0) is 15.0. The number of hydrogen-bond donors (Lipinski definition) is 0. The maximum Gasteiger partial charge on any atom is 0.410 e. The molecule has 1 amide bonds. The number of likely N-dealkylation sites (tertiary alicyclic amines) is 1. The summed E-state index contributed by atoms with van der Waals surface area (Å²) in [5.41, 5.74) is -0.604. The fourth-order valence-electron chi connectivity index (χ4n) is 3.49. The molecule has 0 aromatic rings. The largest absolute Gasteiger partial charge is 0.469 e. The van der Waals surface area contributed by atoms with Gasteiger partial charge in [-0.15, -0.1) is 0 Å². The van der Waals surface area contributed by atoms with Crippen molar-refractivity contribution in [3.63, 3.8) is 0 Å². The van der Waals surface area contributed by atoms with Gasteiger partial charge in [-0.2, -0.15) is 0 Å². The van der Waals surface area contributed by atoms with E-state index in [1.807, 2.05) is 20.8 Å². The Morgan fingerprint density at radius 1 is 1.20 bits per heavy atom. The number of rotatable bonds is 1. The van der Waals surface area contributed by atoms with E-state index in [1.165, 1.54) is 7.11 Å². The highest BCUT2D eigenvalue weighted by Crippen LogP contribution is 2.49. The molecule has 5 heteroatoms. The molecule has 0 aromatic heterocycles. The average molecular weight is 283 g/mol. The molecule has 1 atom stereocenters. The van der Waals surface area contributed by atoms with E-state index in [-0.39, 0.29) is 23.4 Å². The third-order valence-corrected chi connectivity index (χ3v) is 4.38. The summed E-state index contributed by atoms with van der Waals surface area (Å²) < 4.78 is 10.4. The number of methoxy groups -OCH3 is 1. The molecule has 0 bridgehead atoms. The quantitative estimate of drug-likeness (QED) is 0.694. The van der Waals surface area contributed by atoms with Crippen LogP contribution >= 0.6 is 0 Å². The standard InChI is InChI=1S/C15H25NO4/c1-14(2,3)20-13(18)16-9-11(12(17)19-4)15(10-16)7-5-6-8-15/h11H,5-10H2,1-4H3. The van der Waals surface area contributed by atoms with E-state index in [4.69, 9.17) is 9.47 Å². The van der Waals surface area contributed by atoms with Gasteiger partial charge in [-0.3, -0.25) is 4.79 Å². The van der Waals surface area contributed by atoms with Crippen LogP contribution in [0.1, 0.15) is 46.5 Å². The maximum absolute atomic E-state index is 12.2. The minimum Gasteiger partial charge on any atom is -0.469 e. The second-order valence-corrected chi connectivity index (χ2v) is 7.01. The van der Waals surface area contributed by atoms with Crippen molar-refractivity contribution in [2.45, 2.75) is 52.1 Å².